The second-order valence-electron chi connectivity index (χ2n) is 8.84. The molecule has 0 fully saturated rings. The van der Waals surface area contributed by atoms with E-state index in [1.54, 1.807) is 31.0 Å². The van der Waals surface area contributed by atoms with Gasteiger partial charge in [-0.2, -0.15) is 0 Å². The fourth-order valence-electron chi connectivity index (χ4n) is 4.64. The quantitative estimate of drug-likeness (QED) is 0.267. The third-order valence-electron chi connectivity index (χ3n) is 6.51. The molecule has 0 saturated carbocycles. The number of benzene rings is 2. The van der Waals surface area contributed by atoms with Crippen molar-refractivity contribution in [1.29, 1.82) is 0 Å². The second kappa shape index (κ2) is 10.1. The number of rotatable bonds is 5. The smallest absolute Gasteiger partial charge is 0.410 e. The van der Waals surface area contributed by atoms with Crippen LogP contribution in [-0.2, 0) is 17.7 Å². The Kier molecular flexibility index (Phi) is 6.88. The molecule has 3 N–H and O–H groups in total. The summed E-state index contributed by atoms with van der Waals surface area (Å²) in [6.45, 7) is 4.97. The molecule has 0 radical (unpaired) electrons. The molecule has 0 saturated heterocycles. The van der Waals surface area contributed by atoms with Crippen molar-refractivity contribution in [2.24, 2.45) is 0 Å². The Morgan fingerprint density at radius 3 is 2.84 bits per heavy atom. The van der Waals surface area contributed by atoms with E-state index in [0.29, 0.717) is 36.0 Å². The molecule has 5 rings (SSSR count). The first-order chi connectivity index (χ1) is 17.8. The van der Waals surface area contributed by atoms with Crippen molar-refractivity contribution < 1.29 is 18.7 Å². The molecule has 4 aromatic rings. The summed E-state index contributed by atoms with van der Waals surface area (Å²) in [6, 6.07) is 10.5. The third-order valence-corrected chi connectivity index (χ3v) is 7.22. The number of nitrogens with zero attached hydrogens (tertiary/aromatic N) is 2. The van der Waals surface area contributed by atoms with Crippen LogP contribution in [0.1, 0.15) is 36.8 Å². The summed E-state index contributed by atoms with van der Waals surface area (Å²) in [5.41, 5.74) is 11.3. The second-order valence-corrected chi connectivity index (χ2v) is 9.62. The van der Waals surface area contributed by atoms with Crippen molar-refractivity contribution in [3.05, 3.63) is 75.3 Å². The number of anilines is 1. The number of ether oxygens (including phenoxy) is 2. The van der Waals surface area contributed by atoms with Gasteiger partial charge in [0.15, 0.2) is 11.6 Å². The molecule has 7 nitrogen and oxygen atoms in total. The summed E-state index contributed by atoms with van der Waals surface area (Å²) >= 11 is 12.4. The zero-order valence-electron chi connectivity index (χ0n) is 20.3. The van der Waals surface area contributed by atoms with Crippen LogP contribution in [0.4, 0.5) is 15.0 Å². The standard InChI is InChI=1S/C27H25Cl2FN4O3/c1-3-36-27(35)34-9-8-21-18(13-34)17-5-4-15(10-22(17)33-21)16-11-23(26(31)32-12-16)37-14(2)24-19(28)6-7-20(30)25(24)29/h4-7,10-12,14,33H,3,8-9,13H2,1-2H3,(H2,31,32)/t14-/m1/s1. The molecule has 0 aliphatic carbocycles. The number of hydrogen-bond acceptors (Lipinski definition) is 5. The lowest BCUT2D eigenvalue weighted by atomic mass is 10.0. The lowest BCUT2D eigenvalue weighted by molar-refractivity contribution is 0.103. The molecule has 10 heteroatoms. The van der Waals surface area contributed by atoms with Crippen LogP contribution in [-0.4, -0.2) is 34.1 Å². The Morgan fingerprint density at radius 1 is 1.24 bits per heavy atom. The number of nitrogen functional groups attached to an aromatic ring is 1. The van der Waals surface area contributed by atoms with Crippen molar-refractivity contribution in [3.63, 3.8) is 0 Å². The largest absolute Gasteiger partial charge is 0.482 e. The molecule has 3 heterocycles. The zero-order chi connectivity index (χ0) is 26.3. The Balaban J connectivity index is 1.43. The highest BCUT2D eigenvalue weighted by Gasteiger charge is 2.25. The molecule has 1 amide bonds. The number of carbonyl (C=O) groups is 1. The highest BCUT2D eigenvalue weighted by atomic mass is 35.5. The predicted octanol–water partition coefficient (Wildman–Crippen LogP) is 6.91. The van der Waals surface area contributed by atoms with E-state index < -0.39 is 11.9 Å². The van der Waals surface area contributed by atoms with E-state index in [1.807, 2.05) is 18.2 Å². The minimum Gasteiger partial charge on any atom is -0.482 e. The monoisotopic (exact) mass is 542 g/mol. The fraction of sp³-hybridized carbons (Fsp3) is 0.259. The van der Waals surface area contributed by atoms with E-state index in [4.69, 9.17) is 38.4 Å². The number of aromatic nitrogens is 2. The molecule has 0 unspecified atom stereocenters. The number of amides is 1. The summed E-state index contributed by atoms with van der Waals surface area (Å²) < 4.78 is 25.2. The number of carbonyl (C=O) groups excluding carboxylic acids is 1. The maximum Gasteiger partial charge on any atom is 0.410 e. The number of pyridine rings is 1. The number of nitrogens with one attached hydrogen (secondary N) is 1. The minimum absolute atomic E-state index is 0.0922. The van der Waals surface area contributed by atoms with Crippen molar-refractivity contribution in [2.75, 3.05) is 18.9 Å². The van der Waals surface area contributed by atoms with Gasteiger partial charge >= 0.3 is 6.09 Å². The van der Waals surface area contributed by atoms with Crippen LogP contribution < -0.4 is 10.5 Å². The first kappa shape index (κ1) is 25.2. The van der Waals surface area contributed by atoms with Gasteiger partial charge in [-0.15, -0.1) is 0 Å². The van der Waals surface area contributed by atoms with Gasteiger partial charge in [0.1, 0.15) is 11.9 Å². The first-order valence-electron chi connectivity index (χ1n) is 11.9. The van der Waals surface area contributed by atoms with E-state index in [0.717, 1.165) is 39.7 Å². The summed E-state index contributed by atoms with van der Waals surface area (Å²) in [5, 5.41) is 1.26. The van der Waals surface area contributed by atoms with Gasteiger partial charge < -0.3 is 25.1 Å². The molecule has 192 valence electrons. The van der Waals surface area contributed by atoms with Crippen molar-refractivity contribution in [3.8, 4) is 16.9 Å². The van der Waals surface area contributed by atoms with Crippen molar-refractivity contribution >= 4 is 46.0 Å². The Hall–Kier alpha value is -3.49. The highest BCUT2D eigenvalue weighted by Crippen LogP contribution is 2.38. The summed E-state index contributed by atoms with van der Waals surface area (Å²) in [5.74, 6) is -0.0595. The highest BCUT2D eigenvalue weighted by molar-refractivity contribution is 6.36. The van der Waals surface area contributed by atoms with E-state index >= 15 is 0 Å². The van der Waals surface area contributed by atoms with Crippen LogP contribution >= 0.6 is 23.2 Å². The number of halogens is 3. The first-order valence-corrected chi connectivity index (χ1v) is 12.6. The van der Waals surface area contributed by atoms with Gasteiger partial charge in [0.2, 0.25) is 0 Å². The molecule has 1 aliphatic rings. The number of nitrogens with two attached hydrogens (primary N) is 1. The Labute approximate surface area is 223 Å². The minimum atomic E-state index is -0.671. The Morgan fingerprint density at radius 2 is 2.05 bits per heavy atom. The summed E-state index contributed by atoms with van der Waals surface area (Å²) in [6.07, 6.45) is 1.43. The molecule has 0 bridgehead atoms. The van der Waals surface area contributed by atoms with Crippen LogP contribution in [0.15, 0.2) is 42.6 Å². The molecular formula is C27H25Cl2FN4O3. The number of fused-ring (bicyclic) bond motifs is 3. The van der Waals surface area contributed by atoms with Crippen molar-refractivity contribution in [1.82, 2.24) is 14.9 Å². The SMILES string of the molecule is CCOC(=O)N1CCc2[nH]c3cc(-c4cnc(N)c(O[C@H](C)c5c(Cl)ccc(F)c5Cl)c4)ccc3c2C1. The third kappa shape index (κ3) is 4.79. The van der Waals surface area contributed by atoms with Gasteiger partial charge in [-0.1, -0.05) is 35.3 Å². The van der Waals surface area contributed by atoms with Gasteiger partial charge in [-0.3, -0.25) is 0 Å². The topological polar surface area (TPSA) is 93.5 Å². The molecule has 0 spiro atoms. The van der Waals surface area contributed by atoms with E-state index in [2.05, 4.69) is 9.97 Å². The van der Waals surface area contributed by atoms with Crippen LogP contribution in [0, 0.1) is 5.82 Å². The molecule has 2 aromatic heterocycles. The molecule has 1 atom stereocenters. The van der Waals surface area contributed by atoms with Gasteiger partial charge in [0, 0.05) is 57.5 Å². The van der Waals surface area contributed by atoms with Crippen LogP contribution in [0.3, 0.4) is 0 Å². The summed E-state index contributed by atoms with van der Waals surface area (Å²) in [4.78, 5) is 21.7. The summed E-state index contributed by atoms with van der Waals surface area (Å²) in [7, 11) is 0. The lowest BCUT2D eigenvalue weighted by Gasteiger charge is -2.26. The van der Waals surface area contributed by atoms with E-state index in [-0.39, 0.29) is 16.9 Å². The Bertz CT molecular complexity index is 1510. The van der Waals surface area contributed by atoms with Crippen molar-refractivity contribution in [2.45, 2.75) is 32.9 Å². The predicted molar refractivity (Wildman–Crippen MR) is 143 cm³/mol. The van der Waals surface area contributed by atoms with E-state index in [1.165, 1.54) is 12.1 Å². The maximum absolute atomic E-state index is 14.0. The normalized spacial score (nSPS) is 13.9. The average molecular weight is 543 g/mol. The van der Waals surface area contributed by atoms with Crippen LogP contribution in [0.25, 0.3) is 22.0 Å². The number of H-pyrrole nitrogens is 1. The molecule has 37 heavy (non-hydrogen) atoms. The van der Waals surface area contributed by atoms with Gasteiger partial charge in [-0.25, -0.2) is 14.2 Å². The van der Waals surface area contributed by atoms with Gasteiger partial charge in [0.05, 0.1) is 18.2 Å². The van der Waals surface area contributed by atoms with Crippen LogP contribution in [0.5, 0.6) is 5.75 Å². The van der Waals surface area contributed by atoms with E-state index in [9.17, 15) is 9.18 Å². The molecule has 1 aliphatic heterocycles. The average Bonchev–Trinajstić information content (AvgIpc) is 3.25. The number of hydrogen-bond donors (Lipinski definition) is 2. The zero-order valence-corrected chi connectivity index (χ0v) is 21.8. The molecular weight excluding hydrogens is 518 g/mol. The van der Waals surface area contributed by atoms with Gasteiger partial charge in [0.25, 0.3) is 0 Å². The maximum atomic E-state index is 14.0. The molecule has 2 aromatic carbocycles. The number of aromatic amines is 1. The van der Waals surface area contributed by atoms with Crippen LogP contribution in [0.2, 0.25) is 10.0 Å². The van der Waals surface area contributed by atoms with Gasteiger partial charge in [-0.05, 0) is 43.7 Å². The lowest BCUT2D eigenvalue weighted by Crippen LogP contribution is -2.36. The fourth-order valence-corrected chi connectivity index (χ4v) is 5.32.